The van der Waals surface area contributed by atoms with Crippen LogP contribution in [0.4, 0.5) is 5.00 Å². The predicted octanol–water partition coefficient (Wildman–Crippen LogP) is 2.22. The predicted molar refractivity (Wildman–Crippen MR) is 67.7 cm³/mol. The maximum absolute atomic E-state index is 11.8. The van der Waals surface area contributed by atoms with E-state index in [9.17, 15) is 4.79 Å². The zero-order valence-corrected chi connectivity index (χ0v) is 10.3. The molecule has 0 spiro atoms. The molecule has 1 aromatic rings. The van der Waals surface area contributed by atoms with Crippen LogP contribution in [0.25, 0.3) is 0 Å². The number of carbonyl (C=O) groups excluding carboxylic acids is 1. The van der Waals surface area contributed by atoms with Gasteiger partial charge < -0.3 is 11.1 Å². The Morgan fingerprint density at radius 3 is 2.94 bits per heavy atom. The lowest BCUT2D eigenvalue weighted by molar-refractivity contribution is -0.117. The minimum Gasteiger partial charge on any atom is -0.325 e. The Morgan fingerprint density at radius 2 is 2.29 bits per heavy atom. The number of anilines is 1. The molecule has 0 unspecified atom stereocenters. The van der Waals surface area contributed by atoms with Crippen LogP contribution in [-0.4, -0.2) is 11.4 Å². The molecule has 1 aliphatic carbocycles. The van der Waals surface area contributed by atoms with Gasteiger partial charge in [-0.05, 0) is 24.3 Å². The fourth-order valence-corrected chi connectivity index (χ4v) is 2.99. The summed E-state index contributed by atoms with van der Waals surface area (Å²) in [5.74, 6) is -0.0895. The topological polar surface area (TPSA) is 78.9 Å². The first kappa shape index (κ1) is 12.1. The summed E-state index contributed by atoms with van der Waals surface area (Å²) in [5, 5.41) is 14.0. The average molecular weight is 249 g/mol. The molecule has 1 amide bonds. The molecule has 1 heterocycles. The van der Waals surface area contributed by atoms with Gasteiger partial charge in [-0.15, -0.1) is 11.3 Å². The lowest BCUT2D eigenvalue weighted by atomic mass is 9.94. The normalized spacial score (nSPS) is 17.6. The number of hydrogen-bond donors (Lipinski definition) is 2. The van der Waals surface area contributed by atoms with Crippen molar-refractivity contribution in [2.24, 2.45) is 5.73 Å². The van der Waals surface area contributed by atoms with E-state index in [1.54, 1.807) is 11.4 Å². The van der Waals surface area contributed by atoms with E-state index < -0.39 is 0 Å². The molecule has 90 valence electrons. The van der Waals surface area contributed by atoms with Gasteiger partial charge in [0.2, 0.25) is 5.91 Å². The zero-order chi connectivity index (χ0) is 12.3. The lowest BCUT2D eigenvalue weighted by Crippen LogP contribution is -2.40. The Labute approximate surface area is 104 Å². The van der Waals surface area contributed by atoms with Crippen LogP contribution in [-0.2, 0) is 4.79 Å². The fourth-order valence-electron chi connectivity index (χ4n) is 2.24. The maximum Gasteiger partial charge on any atom is 0.226 e. The first-order chi connectivity index (χ1) is 8.13. The summed E-state index contributed by atoms with van der Waals surface area (Å²) < 4.78 is 0. The molecule has 4 nitrogen and oxygen atoms in total. The molecule has 1 fully saturated rings. The number of amides is 1. The third kappa shape index (κ3) is 2.84. The quantitative estimate of drug-likeness (QED) is 0.862. The Bertz CT molecular complexity index is 455. The molecule has 1 saturated carbocycles. The number of nitrogens with zero attached hydrogens (tertiary/aromatic N) is 1. The molecular formula is C12H15N3OS. The van der Waals surface area contributed by atoms with E-state index in [1.165, 1.54) is 11.3 Å². The highest BCUT2D eigenvalue weighted by Gasteiger charge is 2.31. The van der Waals surface area contributed by atoms with E-state index in [0.717, 1.165) is 25.7 Å². The van der Waals surface area contributed by atoms with Crippen LogP contribution in [0.5, 0.6) is 0 Å². The third-order valence-electron chi connectivity index (χ3n) is 3.15. The van der Waals surface area contributed by atoms with E-state index in [1.807, 2.05) is 6.07 Å². The van der Waals surface area contributed by atoms with Gasteiger partial charge in [-0.2, -0.15) is 5.26 Å². The van der Waals surface area contributed by atoms with E-state index in [0.29, 0.717) is 17.0 Å². The van der Waals surface area contributed by atoms with Crippen molar-refractivity contribution >= 4 is 22.2 Å². The SMILES string of the molecule is N#Cc1ccsc1NC(=O)CC1(N)CCCC1. The van der Waals surface area contributed by atoms with Gasteiger partial charge in [-0.25, -0.2) is 0 Å². The maximum atomic E-state index is 11.8. The molecule has 0 aliphatic heterocycles. The van der Waals surface area contributed by atoms with Crippen LogP contribution in [0, 0.1) is 11.3 Å². The summed E-state index contributed by atoms with van der Waals surface area (Å²) in [5.41, 5.74) is 6.31. The van der Waals surface area contributed by atoms with Crippen molar-refractivity contribution in [1.82, 2.24) is 0 Å². The minimum atomic E-state index is -0.339. The second-order valence-electron chi connectivity index (χ2n) is 4.57. The van der Waals surface area contributed by atoms with Gasteiger partial charge in [0.15, 0.2) is 0 Å². The number of nitrogens with one attached hydrogen (secondary N) is 1. The molecule has 17 heavy (non-hydrogen) atoms. The van der Waals surface area contributed by atoms with Crippen molar-refractivity contribution in [3.8, 4) is 6.07 Å². The molecule has 0 atom stereocenters. The standard InChI is InChI=1S/C12H15N3OS/c13-8-9-3-6-17-11(9)15-10(16)7-12(14)4-1-2-5-12/h3,6H,1-2,4-5,7,14H2,(H,15,16). The Hall–Kier alpha value is -1.38. The van der Waals surface area contributed by atoms with Crippen molar-refractivity contribution in [2.75, 3.05) is 5.32 Å². The lowest BCUT2D eigenvalue weighted by Gasteiger charge is -2.22. The number of hydrogen-bond acceptors (Lipinski definition) is 4. The third-order valence-corrected chi connectivity index (χ3v) is 3.98. The highest BCUT2D eigenvalue weighted by atomic mass is 32.1. The van der Waals surface area contributed by atoms with Crippen LogP contribution >= 0.6 is 11.3 Å². The molecule has 1 aromatic heterocycles. The first-order valence-electron chi connectivity index (χ1n) is 5.69. The number of rotatable bonds is 3. The van der Waals surface area contributed by atoms with Crippen molar-refractivity contribution in [3.05, 3.63) is 17.0 Å². The van der Waals surface area contributed by atoms with Crippen molar-refractivity contribution in [3.63, 3.8) is 0 Å². The van der Waals surface area contributed by atoms with E-state index in [2.05, 4.69) is 5.32 Å². The number of nitrogens with two attached hydrogens (primary N) is 1. The largest absolute Gasteiger partial charge is 0.325 e. The summed E-state index contributed by atoms with van der Waals surface area (Å²) in [4.78, 5) is 11.8. The van der Waals surface area contributed by atoms with E-state index in [-0.39, 0.29) is 11.4 Å². The van der Waals surface area contributed by atoms with Crippen LogP contribution in [0.3, 0.4) is 0 Å². The number of carbonyl (C=O) groups is 1. The Kier molecular flexibility index (Phi) is 3.46. The summed E-state index contributed by atoms with van der Waals surface area (Å²) in [6, 6.07) is 3.75. The van der Waals surface area contributed by atoms with Crippen LogP contribution in [0.1, 0.15) is 37.7 Å². The van der Waals surface area contributed by atoms with E-state index in [4.69, 9.17) is 11.0 Å². The first-order valence-corrected chi connectivity index (χ1v) is 6.57. The van der Waals surface area contributed by atoms with Crippen molar-refractivity contribution in [2.45, 2.75) is 37.6 Å². The van der Waals surface area contributed by atoms with Gasteiger partial charge >= 0.3 is 0 Å². The van der Waals surface area contributed by atoms with Gasteiger partial charge in [0.05, 0.1) is 5.56 Å². The monoisotopic (exact) mass is 249 g/mol. The van der Waals surface area contributed by atoms with Crippen LogP contribution < -0.4 is 11.1 Å². The summed E-state index contributed by atoms with van der Waals surface area (Å²) in [6.07, 6.45) is 4.38. The molecule has 1 aliphatic rings. The molecule has 0 saturated heterocycles. The zero-order valence-electron chi connectivity index (χ0n) is 9.53. The summed E-state index contributed by atoms with van der Waals surface area (Å²) >= 11 is 1.36. The molecule has 0 radical (unpaired) electrons. The minimum absolute atomic E-state index is 0.0895. The van der Waals surface area contributed by atoms with Crippen LogP contribution in [0.15, 0.2) is 11.4 Å². The second-order valence-corrected chi connectivity index (χ2v) is 5.49. The van der Waals surface area contributed by atoms with Crippen molar-refractivity contribution in [1.29, 1.82) is 5.26 Å². The number of nitriles is 1. The van der Waals surface area contributed by atoms with Gasteiger partial charge in [0, 0.05) is 12.0 Å². The van der Waals surface area contributed by atoms with Gasteiger partial charge in [0.1, 0.15) is 11.1 Å². The van der Waals surface area contributed by atoms with Crippen LogP contribution in [0.2, 0.25) is 0 Å². The molecule has 2 rings (SSSR count). The van der Waals surface area contributed by atoms with Gasteiger partial charge in [0.25, 0.3) is 0 Å². The molecule has 0 aromatic carbocycles. The Morgan fingerprint density at radius 1 is 1.59 bits per heavy atom. The number of thiophene rings is 1. The average Bonchev–Trinajstić information content (AvgIpc) is 2.87. The van der Waals surface area contributed by atoms with Gasteiger partial charge in [-0.3, -0.25) is 4.79 Å². The fraction of sp³-hybridized carbons (Fsp3) is 0.500. The molecular weight excluding hydrogens is 234 g/mol. The highest BCUT2D eigenvalue weighted by Crippen LogP contribution is 2.31. The summed E-state index contributed by atoms with van der Waals surface area (Å²) in [7, 11) is 0. The molecule has 0 bridgehead atoms. The highest BCUT2D eigenvalue weighted by molar-refractivity contribution is 7.14. The molecule has 3 N–H and O–H groups in total. The Balaban J connectivity index is 1.96. The molecule has 5 heteroatoms. The smallest absolute Gasteiger partial charge is 0.226 e. The van der Waals surface area contributed by atoms with Crippen molar-refractivity contribution < 1.29 is 4.79 Å². The van der Waals surface area contributed by atoms with E-state index >= 15 is 0 Å². The second kappa shape index (κ2) is 4.86. The van der Waals surface area contributed by atoms with Gasteiger partial charge in [-0.1, -0.05) is 12.8 Å². The summed E-state index contributed by atoms with van der Waals surface area (Å²) in [6.45, 7) is 0.